The van der Waals surface area contributed by atoms with E-state index >= 15 is 0 Å². The summed E-state index contributed by atoms with van der Waals surface area (Å²) < 4.78 is 60.8. The van der Waals surface area contributed by atoms with E-state index < -0.39 is 39.1 Å². The zero-order chi connectivity index (χ0) is 20.9. The Bertz CT molecular complexity index is 935. The van der Waals surface area contributed by atoms with E-state index in [1.807, 2.05) is 0 Å². The summed E-state index contributed by atoms with van der Waals surface area (Å²) in [6, 6.07) is 2.77. The summed E-state index contributed by atoms with van der Waals surface area (Å²) in [5.41, 5.74) is 8.25. The van der Waals surface area contributed by atoms with E-state index in [2.05, 4.69) is 5.32 Å². The number of sulfonamides is 1. The zero-order valence-electron chi connectivity index (χ0n) is 16.6. The second-order valence-corrected chi connectivity index (χ2v) is 10.8. The van der Waals surface area contributed by atoms with Gasteiger partial charge < -0.3 is 15.8 Å². The molecular weight excluding hydrogens is 400 g/mol. The lowest BCUT2D eigenvalue weighted by Gasteiger charge is -2.39. The molecule has 1 aromatic carbocycles. The van der Waals surface area contributed by atoms with Crippen molar-refractivity contribution in [2.45, 2.75) is 44.1 Å². The largest absolute Gasteiger partial charge is 0.386 e. The van der Waals surface area contributed by atoms with Gasteiger partial charge in [-0.3, -0.25) is 4.31 Å². The average Bonchev–Trinajstić information content (AvgIpc) is 3.26. The van der Waals surface area contributed by atoms with E-state index in [0.29, 0.717) is 32.5 Å². The highest BCUT2D eigenvalue weighted by atomic mass is 32.2. The van der Waals surface area contributed by atoms with Gasteiger partial charge in [0.2, 0.25) is 10.0 Å². The topological polar surface area (TPSA) is 84.7 Å². The minimum absolute atomic E-state index is 0.000771. The van der Waals surface area contributed by atoms with Gasteiger partial charge in [0.1, 0.15) is 17.7 Å². The fourth-order valence-electron chi connectivity index (χ4n) is 4.66. The van der Waals surface area contributed by atoms with Crippen molar-refractivity contribution in [3.05, 3.63) is 46.8 Å². The standard InChI is InChI=1S/C20H27F2N3O3S/c1-11(2)29(26,27)25-6-5-18-19(25)15(9-24-18)12-7-17(23)20(28-10-12)14-8-13(21)3-4-16(14)22/h3-4,8,11-12,15,17,20,24H,5-7,9-10,23H2,1-2H3/t12-,15?,17-,20+/m0/s1. The summed E-state index contributed by atoms with van der Waals surface area (Å²) in [4.78, 5) is 0. The van der Waals surface area contributed by atoms with E-state index in [0.717, 1.165) is 29.6 Å². The Morgan fingerprint density at radius 3 is 2.76 bits per heavy atom. The second-order valence-electron chi connectivity index (χ2n) is 8.35. The van der Waals surface area contributed by atoms with Crippen LogP contribution in [0.1, 0.15) is 38.4 Å². The van der Waals surface area contributed by atoms with Gasteiger partial charge in [-0.15, -0.1) is 0 Å². The van der Waals surface area contributed by atoms with Gasteiger partial charge in [0.05, 0.1) is 17.6 Å². The normalized spacial score (nSPS) is 30.1. The van der Waals surface area contributed by atoms with Crippen LogP contribution in [0.25, 0.3) is 0 Å². The molecule has 160 valence electrons. The molecule has 4 rings (SSSR count). The van der Waals surface area contributed by atoms with E-state index in [1.165, 1.54) is 0 Å². The van der Waals surface area contributed by atoms with E-state index in [-0.39, 0.29) is 17.4 Å². The van der Waals surface area contributed by atoms with Crippen LogP contribution < -0.4 is 11.1 Å². The third-order valence-corrected chi connectivity index (χ3v) is 8.40. The summed E-state index contributed by atoms with van der Waals surface area (Å²) in [5.74, 6) is -1.11. The highest BCUT2D eigenvalue weighted by Crippen LogP contribution is 2.43. The summed E-state index contributed by atoms with van der Waals surface area (Å²) in [5, 5.41) is 2.85. The molecule has 29 heavy (non-hydrogen) atoms. The third-order valence-electron chi connectivity index (χ3n) is 6.22. The molecule has 0 saturated carbocycles. The van der Waals surface area contributed by atoms with Crippen molar-refractivity contribution < 1.29 is 21.9 Å². The zero-order valence-corrected chi connectivity index (χ0v) is 17.4. The Kier molecular flexibility index (Phi) is 5.33. The molecule has 0 bridgehead atoms. The van der Waals surface area contributed by atoms with Crippen LogP contribution in [-0.2, 0) is 14.8 Å². The average molecular weight is 428 g/mol. The van der Waals surface area contributed by atoms with E-state index in [9.17, 15) is 17.2 Å². The van der Waals surface area contributed by atoms with Crippen LogP contribution in [-0.4, -0.2) is 43.7 Å². The van der Waals surface area contributed by atoms with Crippen LogP contribution in [0.2, 0.25) is 0 Å². The van der Waals surface area contributed by atoms with Crippen LogP contribution in [0.5, 0.6) is 0 Å². The molecule has 9 heteroatoms. The Morgan fingerprint density at radius 1 is 1.31 bits per heavy atom. The van der Waals surface area contributed by atoms with Crippen molar-refractivity contribution in [1.29, 1.82) is 0 Å². The number of nitrogens with two attached hydrogens (primary N) is 1. The molecule has 0 aliphatic carbocycles. The number of benzene rings is 1. The van der Waals surface area contributed by atoms with Crippen LogP contribution in [0.3, 0.4) is 0 Å². The molecule has 0 radical (unpaired) electrons. The summed E-state index contributed by atoms with van der Waals surface area (Å²) in [6.45, 7) is 4.76. The number of ether oxygens (including phenoxy) is 1. The van der Waals surface area contributed by atoms with Gasteiger partial charge in [-0.2, -0.15) is 0 Å². The second kappa shape index (κ2) is 7.52. The highest BCUT2D eigenvalue weighted by molar-refractivity contribution is 7.89. The monoisotopic (exact) mass is 427 g/mol. The summed E-state index contributed by atoms with van der Waals surface area (Å²) >= 11 is 0. The minimum Gasteiger partial charge on any atom is -0.386 e. The van der Waals surface area contributed by atoms with Crippen molar-refractivity contribution in [2.75, 3.05) is 19.7 Å². The number of nitrogens with zero attached hydrogens (tertiary/aromatic N) is 1. The van der Waals surface area contributed by atoms with Crippen LogP contribution in [0, 0.1) is 23.5 Å². The predicted molar refractivity (Wildman–Crippen MR) is 105 cm³/mol. The third kappa shape index (κ3) is 3.53. The first-order valence-electron chi connectivity index (χ1n) is 10.0. The lowest BCUT2D eigenvalue weighted by atomic mass is 9.82. The molecule has 0 spiro atoms. The van der Waals surface area contributed by atoms with E-state index in [1.54, 1.807) is 18.2 Å². The van der Waals surface area contributed by atoms with Gasteiger partial charge in [0.25, 0.3) is 0 Å². The highest BCUT2D eigenvalue weighted by Gasteiger charge is 2.45. The van der Waals surface area contributed by atoms with Crippen LogP contribution >= 0.6 is 0 Å². The van der Waals surface area contributed by atoms with Crippen molar-refractivity contribution in [3.63, 3.8) is 0 Å². The quantitative estimate of drug-likeness (QED) is 0.770. The number of hydrogen-bond acceptors (Lipinski definition) is 5. The number of nitrogens with one attached hydrogen (secondary N) is 1. The van der Waals surface area contributed by atoms with Gasteiger partial charge in [0.15, 0.2) is 0 Å². The molecule has 0 aromatic heterocycles. The molecule has 3 N–H and O–H groups in total. The molecule has 3 aliphatic rings. The first-order valence-corrected chi connectivity index (χ1v) is 11.5. The molecule has 1 fully saturated rings. The Balaban J connectivity index is 1.53. The maximum Gasteiger partial charge on any atom is 0.237 e. The molecular formula is C20H27F2N3O3S. The number of halogens is 2. The fraction of sp³-hybridized carbons (Fsp3) is 0.600. The maximum atomic E-state index is 14.2. The van der Waals surface area contributed by atoms with Gasteiger partial charge >= 0.3 is 0 Å². The SMILES string of the molecule is CC(C)S(=O)(=O)N1CCC2=C1C([C@@H]1CO[C@H](c3cc(F)ccc3F)[C@@H](N)C1)CN2. The van der Waals surface area contributed by atoms with Gasteiger partial charge in [0, 0.05) is 42.7 Å². The van der Waals surface area contributed by atoms with Gasteiger partial charge in [-0.1, -0.05) is 0 Å². The van der Waals surface area contributed by atoms with Crippen LogP contribution in [0.15, 0.2) is 29.6 Å². The number of rotatable bonds is 4. The molecule has 3 aliphatic heterocycles. The molecule has 3 heterocycles. The van der Waals surface area contributed by atoms with E-state index in [4.69, 9.17) is 10.5 Å². The number of hydrogen-bond donors (Lipinski definition) is 2. The molecule has 4 atom stereocenters. The minimum atomic E-state index is -3.41. The van der Waals surface area contributed by atoms with Gasteiger partial charge in [-0.05, 0) is 44.4 Å². The maximum absolute atomic E-state index is 14.2. The van der Waals surface area contributed by atoms with Crippen LogP contribution in [0.4, 0.5) is 8.78 Å². The molecule has 6 nitrogen and oxygen atoms in total. The molecule has 0 amide bonds. The fourth-order valence-corrected chi connectivity index (χ4v) is 6.04. The van der Waals surface area contributed by atoms with Crippen molar-refractivity contribution in [2.24, 2.45) is 17.6 Å². The molecule has 1 saturated heterocycles. The molecule has 1 unspecified atom stereocenters. The van der Waals surface area contributed by atoms with Crippen molar-refractivity contribution in [3.8, 4) is 0 Å². The predicted octanol–water partition coefficient (Wildman–Crippen LogP) is 2.24. The first-order chi connectivity index (χ1) is 13.7. The Hall–Kier alpha value is -1.71. The first kappa shape index (κ1) is 20.6. The lowest BCUT2D eigenvalue weighted by Crippen LogP contribution is -2.44. The van der Waals surface area contributed by atoms with Gasteiger partial charge in [-0.25, -0.2) is 17.2 Å². The molecule has 1 aromatic rings. The smallest absolute Gasteiger partial charge is 0.237 e. The summed E-state index contributed by atoms with van der Waals surface area (Å²) in [6.07, 6.45) is 0.497. The van der Waals surface area contributed by atoms with Crippen molar-refractivity contribution in [1.82, 2.24) is 9.62 Å². The summed E-state index contributed by atoms with van der Waals surface area (Å²) in [7, 11) is -3.41. The Morgan fingerprint density at radius 2 is 2.07 bits per heavy atom. The Labute approximate surface area is 170 Å². The lowest BCUT2D eigenvalue weighted by molar-refractivity contribution is -0.0445. The van der Waals surface area contributed by atoms with Crippen molar-refractivity contribution >= 4 is 10.0 Å².